The van der Waals surface area contributed by atoms with Crippen LogP contribution < -0.4 is 103 Å². The third kappa shape index (κ3) is 14.6. The van der Waals surface area contributed by atoms with Crippen molar-refractivity contribution in [2.24, 2.45) is 0 Å². The predicted octanol–water partition coefficient (Wildman–Crippen LogP) is 5.95. The lowest BCUT2D eigenvalue weighted by atomic mass is 9.93. The molecule has 3 aromatic carbocycles. The van der Waals surface area contributed by atoms with Gasteiger partial charge in [-0.3, -0.25) is 42.5 Å². The number of hydrogen-bond donors (Lipinski definition) is 15. The Morgan fingerprint density at radius 2 is 0.874 bits per heavy atom. The van der Waals surface area contributed by atoms with Crippen molar-refractivity contribution in [3.05, 3.63) is 76.1 Å². The molecule has 0 spiro atoms. The standard InChI is InChI=1S/C64H94F3N15O5/c1-33-10-13-39(16-19-69-33)53-56(65)45(26-42-9-8-22-83-59(42)53)77-63-75-37(5)24-51(81-63)72-29-43-31-85-61-49(87-43)28-47(58(67)55(61)41-15-12-35(3)71-21-18-41)79-64-76-38(6)25-52(82-64)73-30-44-32-84-60-48(86-44)27-46(78-62-74-36(4)23-50(68-7)80-62)57(66)54(60)40-14-11-34(2)70-20-17-40/h16-18,26-28,33-38,43-44,50-52,62-64,68-82H,8-15,19-25,29-32H2,1-7H3/t33-,34-,35+,36?,37?,38?,43?,44?,50?,51?,52?,62?,63?,64?/m0/s1. The van der Waals surface area contributed by atoms with E-state index in [-0.39, 0.29) is 73.2 Å². The molecular formula is C64H94F3N15O5. The van der Waals surface area contributed by atoms with E-state index in [2.05, 4.69) is 140 Å². The fraction of sp³-hybridized carbons (Fsp3) is 0.625. The van der Waals surface area contributed by atoms with Crippen LogP contribution in [0.25, 0.3) is 16.7 Å². The van der Waals surface area contributed by atoms with Crippen LogP contribution in [0.5, 0.6) is 28.7 Å². The zero-order valence-corrected chi connectivity index (χ0v) is 51.7. The number of halogens is 3. The van der Waals surface area contributed by atoms with Crippen molar-refractivity contribution in [1.29, 1.82) is 0 Å². The SMILES string of the molecule is CNC1CC(C)NC(Nc2cc3c(c(C4=CCN[C@@H](C)CC4)c2F)OCC(CNC2CC(C)NC(Nc4cc5c(c(C6=CCN[C@H](C)CC6)c4F)OCC(CNC4CC(C)NC(Nc6cc7c(c(C8=CCN[C@@H](C)CC8)c6F)OCCC7)N4)O5)N2)O3)N1. The van der Waals surface area contributed by atoms with E-state index in [9.17, 15) is 0 Å². The number of anilines is 3. The van der Waals surface area contributed by atoms with E-state index >= 15 is 13.2 Å². The molecule has 3 saturated heterocycles. The summed E-state index contributed by atoms with van der Waals surface area (Å²) >= 11 is 0. The Bertz CT molecular complexity index is 3030. The average Bonchev–Trinajstić information content (AvgIpc) is 1.56. The van der Waals surface area contributed by atoms with Gasteiger partial charge in [-0.25, -0.2) is 13.2 Å². The van der Waals surface area contributed by atoms with Crippen molar-refractivity contribution in [2.75, 3.05) is 75.5 Å². The molecule has 9 aliphatic rings. The Labute approximate surface area is 511 Å². The van der Waals surface area contributed by atoms with Crippen molar-refractivity contribution in [3.63, 3.8) is 0 Å². The number of fused-ring (bicyclic) bond motifs is 3. The molecule has 3 aromatic rings. The van der Waals surface area contributed by atoms with Gasteiger partial charge in [0, 0.05) is 81.1 Å². The van der Waals surface area contributed by atoms with Gasteiger partial charge in [0.1, 0.15) is 50.0 Å². The number of rotatable bonds is 16. The summed E-state index contributed by atoms with van der Waals surface area (Å²) in [7, 11) is 1.91. The van der Waals surface area contributed by atoms with Crippen LogP contribution >= 0.6 is 0 Å². The number of aryl methyl sites for hydroxylation is 1. The molecule has 23 heteroatoms. The zero-order chi connectivity index (χ0) is 60.3. The number of nitrogens with one attached hydrogen (secondary N) is 15. The number of allylic oxidation sites excluding steroid dienone is 3. The fourth-order valence-electron chi connectivity index (χ4n) is 13.7. The minimum atomic E-state index is -0.543. The first-order valence-electron chi connectivity index (χ1n) is 32.3. The van der Waals surface area contributed by atoms with E-state index in [1.165, 1.54) is 0 Å². The topological polar surface area (TPSA) is 227 Å². The van der Waals surface area contributed by atoms with Crippen molar-refractivity contribution >= 4 is 33.8 Å². The highest BCUT2D eigenvalue weighted by molar-refractivity contribution is 5.80. The Kier molecular flexibility index (Phi) is 19.7. The van der Waals surface area contributed by atoms with Gasteiger partial charge in [-0.05, 0) is 148 Å². The molecule has 476 valence electrons. The normalized spacial score (nSPS) is 32.0. The van der Waals surface area contributed by atoms with Crippen LogP contribution in [0.2, 0.25) is 0 Å². The average molecular weight is 1210 g/mol. The van der Waals surface area contributed by atoms with E-state index in [1.54, 1.807) is 12.1 Å². The van der Waals surface area contributed by atoms with Gasteiger partial charge in [0.2, 0.25) is 0 Å². The van der Waals surface area contributed by atoms with Crippen LogP contribution in [0, 0.1) is 17.5 Å². The molecule has 3 fully saturated rings. The molecule has 9 aliphatic heterocycles. The van der Waals surface area contributed by atoms with E-state index < -0.39 is 36.9 Å². The Balaban J connectivity index is 0.716. The summed E-state index contributed by atoms with van der Waals surface area (Å²) in [6.07, 6.45) is 12.6. The summed E-state index contributed by atoms with van der Waals surface area (Å²) in [5, 5.41) is 52.9. The Hall–Kier alpha value is -5.41. The first-order chi connectivity index (χ1) is 42.2. The van der Waals surface area contributed by atoms with Crippen molar-refractivity contribution < 1.29 is 36.9 Å². The van der Waals surface area contributed by atoms with Crippen molar-refractivity contribution in [2.45, 2.75) is 198 Å². The van der Waals surface area contributed by atoms with Crippen LogP contribution in [0.4, 0.5) is 30.2 Å². The second kappa shape index (κ2) is 27.8. The molecule has 0 aromatic heterocycles. The first-order valence-corrected chi connectivity index (χ1v) is 32.3. The van der Waals surface area contributed by atoms with Crippen LogP contribution in [-0.2, 0) is 6.42 Å². The minimum absolute atomic E-state index is 0.0325. The fourth-order valence-corrected chi connectivity index (χ4v) is 13.7. The van der Waals surface area contributed by atoms with E-state index in [4.69, 9.17) is 23.7 Å². The highest BCUT2D eigenvalue weighted by Crippen LogP contribution is 2.48. The molecule has 0 aliphatic carbocycles. The molecule has 12 rings (SSSR count). The Morgan fingerprint density at radius 1 is 0.471 bits per heavy atom. The lowest BCUT2D eigenvalue weighted by Crippen LogP contribution is -2.65. The summed E-state index contributed by atoms with van der Waals surface area (Å²) in [4.78, 5) is 0. The van der Waals surface area contributed by atoms with Gasteiger partial charge in [0.05, 0.1) is 58.9 Å². The third-order valence-electron chi connectivity index (χ3n) is 18.5. The summed E-state index contributed by atoms with van der Waals surface area (Å²) in [6.45, 7) is 16.6. The van der Waals surface area contributed by atoms with Gasteiger partial charge < -0.3 is 60.9 Å². The number of benzene rings is 3. The lowest BCUT2D eigenvalue weighted by Gasteiger charge is -2.39. The zero-order valence-electron chi connectivity index (χ0n) is 51.7. The molecule has 0 amide bonds. The maximum absolute atomic E-state index is 17.5. The third-order valence-corrected chi connectivity index (χ3v) is 18.5. The molecule has 0 bridgehead atoms. The van der Waals surface area contributed by atoms with Gasteiger partial charge in [-0.2, -0.15) is 0 Å². The molecule has 15 N–H and O–H groups in total. The van der Waals surface area contributed by atoms with Crippen LogP contribution in [-0.4, -0.2) is 145 Å². The van der Waals surface area contributed by atoms with Gasteiger partial charge >= 0.3 is 0 Å². The smallest absolute Gasteiger partial charge is 0.171 e. The second-order valence-corrected chi connectivity index (χ2v) is 25.7. The van der Waals surface area contributed by atoms with Gasteiger partial charge in [0.15, 0.2) is 40.4 Å². The van der Waals surface area contributed by atoms with Crippen LogP contribution in [0.15, 0.2) is 36.4 Å². The Morgan fingerprint density at radius 3 is 1.31 bits per heavy atom. The van der Waals surface area contributed by atoms with Crippen molar-refractivity contribution in [3.8, 4) is 28.7 Å². The minimum Gasteiger partial charge on any atom is -0.493 e. The first kappa shape index (κ1) is 61.8. The van der Waals surface area contributed by atoms with Crippen LogP contribution in [0.1, 0.15) is 128 Å². The molecule has 9 heterocycles. The van der Waals surface area contributed by atoms with Crippen molar-refractivity contribution in [1.82, 2.24) is 63.8 Å². The molecular weight excluding hydrogens is 1120 g/mol. The summed E-state index contributed by atoms with van der Waals surface area (Å²) < 4.78 is 84.0. The van der Waals surface area contributed by atoms with Gasteiger partial charge in [0.25, 0.3) is 0 Å². The quantitative estimate of drug-likeness (QED) is 0.0795. The summed E-state index contributed by atoms with van der Waals surface area (Å²) in [5.74, 6) is 1.36. The number of hydrogen-bond acceptors (Lipinski definition) is 20. The molecule has 11 unspecified atom stereocenters. The lowest BCUT2D eigenvalue weighted by molar-refractivity contribution is 0.0826. The highest BCUT2D eigenvalue weighted by atomic mass is 19.1. The molecule has 20 nitrogen and oxygen atoms in total. The molecule has 0 saturated carbocycles. The predicted molar refractivity (Wildman–Crippen MR) is 337 cm³/mol. The summed E-state index contributed by atoms with van der Waals surface area (Å²) in [5.41, 5.74) is 6.21. The van der Waals surface area contributed by atoms with Gasteiger partial charge in [-0.1, -0.05) is 18.2 Å². The second-order valence-electron chi connectivity index (χ2n) is 25.7. The molecule has 87 heavy (non-hydrogen) atoms. The largest absolute Gasteiger partial charge is 0.493 e. The molecule has 0 radical (unpaired) electrons. The maximum Gasteiger partial charge on any atom is 0.171 e. The summed E-state index contributed by atoms with van der Waals surface area (Å²) in [6, 6.07) is 6.57. The van der Waals surface area contributed by atoms with E-state index in [1.807, 2.05) is 13.1 Å². The van der Waals surface area contributed by atoms with E-state index in [0.29, 0.717) is 121 Å². The van der Waals surface area contributed by atoms with Gasteiger partial charge in [-0.15, -0.1) is 0 Å². The molecule has 14 atom stereocenters. The number of ether oxygens (including phenoxy) is 5. The monoisotopic (exact) mass is 1210 g/mol. The van der Waals surface area contributed by atoms with Crippen LogP contribution in [0.3, 0.4) is 0 Å². The maximum atomic E-state index is 17.5. The van der Waals surface area contributed by atoms with E-state index in [0.717, 1.165) is 80.1 Å². The highest BCUT2D eigenvalue weighted by Gasteiger charge is 2.37.